The molecular formula is C24H32N6O. The highest BCUT2D eigenvalue weighted by Gasteiger charge is 2.29. The van der Waals surface area contributed by atoms with Gasteiger partial charge in [-0.3, -0.25) is 4.79 Å². The molecule has 7 nitrogen and oxygen atoms in total. The minimum absolute atomic E-state index is 0.0932. The molecule has 7 heteroatoms. The number of nitrogens with zero attached hydrogens (tertiary/aromatic N) is 6. The molecule has 0 radical (unpaired) electrons. The normalized spacial score (nSPS) is 14.9. The van der Waals surface area contributed by atoms with Crippen molar-refractivity contribution in [1.29, 1.82) is 0 Å². The predicted molar refractivity (Wildman–Crippen MR) is 124 cm³/mol. The van der Waals surface area contributed by atoms with Crippen LogP contribution in [-0.4, -0.2) is 57.5 Å². The molecule has 1 aliphatic rings. The summed E-state index contributed by atoms with van der Waals surface area (Å²) in [5, 5.41) is 15.0. The zero-order chi connectivity index (χ0) is 22.0. The molecule has 1 saturated heterocycles. The number of fused-ring (bicyclic) bond motifs is 1. The topological polar surface area (TPSA) is 67.2 Å². The Hall–Kier alpha value is -2.96. The lowest BCUT2D eigenvalue weighted by Gasteiger charge is -2.33. The molecule has 0 aliphatic carbocycles. The zero-order valence-corrected chi connectivity index (χ0v) is 19.0. The summed E-state index contributed by atoms with van der Waals surface area (Å²) in [6, 6.07) is 10.2. The van der Waals surface area contributed by atoms with Gasteiger partial charge in [-0.15, -0.1) is 5.10 Å². The van der Waals surface area contributed by atoms with Crippen molar-refractivity contribution in [3.63, 3.8) is 0 Å². The van der Waals surface area contributed by atoms with E-state index >= 15 is 0 Å². The summed E-state index contributed by atoms with van der Waals surface area (Å²) in [4.78, 5) is 16.9. The second-order valence-electron chi connectivity index (χ2n) is 8.54. The van der Waals surface area contributed by atoms with E-state index in [1.54, 1.807) is 0 Å². The van der Waals surface area contributed by atoms with Crippen molar-refractivity contribution in [3.05, 3.63) is 41.7 Å². The molecule has 3 aromatic rings. The number of anilines is 1. The molecule has 0 saturated carbocycles. The molecule has 164 valence electrons. The van der Waals surface area contributed by atoms with E-state index < -0.39 is 0 Å². The van der Waals surface area contributed by atoms with Crippen LogP contribution in [0.25, 0.3) is 16.6 Å². The lowest BCUT2D eigenvalue weighted by atomic mass is 9.95. The number of amides is 1. The molecule has 0 unspecified atom stereocenters. The summed E-state index contributed by atoms with van der Waals surface area (Å²) >= 11 is 0. The lowest BCUT2D eigenvalue weighted by molar-refractivity contribution is -0.134. The quantitative estimate of drug-likeness (QED) is 0.605. The van der Waals surface area contributed by atoms with Gasteiger partial charge < -0.3 is 9.80 Å². The summed E-state index contributed by atoms with van der Waals surface area (Å²) in [5.41, 5.74) is 3.87. The van der Waals surface area contributed by atoms with E-state index in [1.807, 2.05) is 41.8 Å². The van der Waals surface area contributed by atoms with Crippen LogP contribution in [0.15, 0.2) is 30.3 Å². The summed E-state index contributed by atoms with van der Waals surface area (Å²) in [7, 11) is 1.93. The Balaban J connectivity index is 1.57. The highest BCUT2D eigenvalue weighted by Crippen LogP contribution is 2.31. The van der Waals surface area contributed by atoms with E-state index in [1.165, 1.54) is 0 Å². The third-order valence-electron chi connectivity index (χ3n) is 6.35. The Morgan fingerprint density at radius 1 is 1.13 bits per heavy atom. The van der Waals surface area contributed by atoms with Crippen LogP contribution in [-0.2, 0) is 4.79 Å². The van der Waals surface area contributed by atoms with Gasteiger partial charge in [-0.2, -0.15) is 10.2 Å². The molecular weight excluding hydrogens is 388 g/mol. The second-order valence-corrected chi connectivity index (χ2v) is 8.54. The summed E-state index contributed by atoms with van der Waals surface area (Å²) in [6.07, 6.45) is 3.84. The van der Waals surface area contributed by atoms with Gasteiger partial charge in [0.2, 0.25) is 5.91 Å². The molecule has 1 aromatic carbocycles. The van der Waals surface area contributed by atoms with Gasteiger partial charge in [0, 0.05) is 32.6 Å². The molecule has 1 fully saturated rings. The molecule has 31 heavy (non-hydrogen) atoms. The first-order chi connectivity index (χ1) is 15.0. The van der Waals surface area contributed by atoms with Gasteiger partial charge in [0.15, 0.2) is 5.82 Å². The van der Waals surface area contributed by atoms with Crippen LogP contribution in [0.5, 0.6) is 0 Å². The highest BCUT2D eigenvalue weighted by atomic mass is 16.2. The van der Waals surface area contributed by atoms with Crippen molar-refractivity contribution in [1.82, 2.24) is 24.9 Å². The molecule has 1 aliphatic heterocycles. The Labute approximate surface area is 184 Å². The monoisotopic (exact) mass is 420 g/mol. The maximum absolute atomic E-state index is 12.8. The van der Waals surface area contributed by atoms with Crippen LogP contribution in [0, 0.1) is 19.8 Å². The van der Waals surface area contributed by atoms with Crippen molar-refractivity contribution < 1.29 is 4.79 Å². The number of aromatic nitrogens is 4. The minimum atomic E-state index is 0.0932. The number of hydrogen-bond acceptors (Lipinski definition) is 5. The van der Waals surface area contributed by atoms with Crippen LogP contribution in [0.2, 0.25) is 0 Å². The molecule has 3 heterocycles. The smallest absolute Gasteiger partial charge is 0.225 e. The van der Waals surface area contributed by atoms with Gasteiger partial charge in [-0.05, 0) is 45.2 Å². The van der Waals surface area contributed by atoms with Gasteiger partial charge in [0.1, 0.15) is 5.52 Å². The first-order valence-electron chi connectivity index (χ1n) is 11.3. The molecule has 1 amide bonds. The average Bonchev–Trinajstić information content (AvgIpc) is 3.16. The second kappa shape index (κ2) is 9.04. The first-order valence-corrected chi connectivity index (χ1v) is 11.3. The largest absolute Gasteiger partial charge is 0.353 e. The van der Waals surface area contributed by atoms with Gasteiger partial charge in [-0.1, -0.05) is 31.5 Å². The van der Waals surface area contributed by atoms with Crippen LogP contribution < -0.4 is 4.90 Å². The van der Waals surface area contributed by atoms with Crippen LogP contribution in [0.1, 0.15) is 44.0 Å². The first kappa shape index (κ1) is 21.3. The third kappa shape index (κ3) is 4.13. The van der Waals surface area contributed by atoms with Gasteiger partial charge in [-0.25, -0.2) is 4.68 Å². The predicted octanol–water partition coefficient (Wildman–Crippen LogP) is 3.91. The molecule has 0 atom stereocenters. The van der Waals surface area contributed by atoms with Gasteiger partial charge in [0.05, 0.1) is 22.5 Å². The van der Waals surface area contributed by atoms with E-state index in [0.29, 0.717) is 0 Å². The maximum Gasteiger partial charge on any atom is 0.225 e. The fraction of sp³-hybridized carbons (Fsp3) is 0.500. The summed E-state index contributed by atoms with van der Waals surface area (Å²) in [5.74, 6) is 1.19. The van der Waals surface area contributed by atoms with E-state index in [0.717, 1.165) is 79.1 Å². The lowest BCUT2D eigenvalue weighted by Crippen LogP contribution is -2.42. The minimum Gasteiger partial charge on any atom is -0.353 e. The Bertz CT molecular complexity index is 1050. The summed E-state index contributed by atoms with van der Waals surface area (Å²) < 4.78 is 1.98. The number of hydrogen-bond donors (Lipinski definition) is 0. The highest BCUT2D eigenvalue weighted by molar-refractivity contribution is 5.92. The molecule has 2 aromatic heterocycles. The fourth-order valence-corrected chi connectivity index (χ4v) is 4.50. The van der Waals surface area contributed by atoms with Crippen LogP contribution in [0.3, 0.4) is 0 Å². The van der Waals surface area contributed by atoms with E-state index in [4.69, 9.17) is 5.10 Å². The average molecular weight is 421 g/mol. The number of unbranched alkanes of at least 4 members (excludes halogenated alkanes) is 1. The van der Waals surface area contributed by atoms with Crippen LogP contribution >= 0.6 is 0 Å². The molecule has 0 N–H and O–H groups in total. The number of benzene rings is 1. The Kier molecular flexibility index (Phi) is 6.20. The SMILES string of the molecule is CCCCN(C)C(=O)C1CCN(c2nnc(C)c3c(C)n(-c4ccccc4)nc23)CC1. The Morgan fingerprint density at radius 2 is 1.84 bits per heavy atom. The Morgan fingerprint density at radius 3 is 2.52 bits per heavy atom. The van der Waals surface area contributed by atoms with E-state index in [9.17, 15) is 4.79 Å². The van der Waals surface area contributed by atoms with E-state index in [2.05, 4.69) is 41.1 Å². The number of piperidine rings is 1. The molecule has 0 bridgehead atoms. The van der Waals surface area contributed by atoms with Crippen LogP contribution in [0.4, 0.5) is 5.82 Å². The van der Waals surface area contributed by atoms with Crippen molar-refractivity contribution in [3.8, 4) is 5.69 Å². The number of carbonyl (C=O) groups excluding carboxylic acids is 1. The number of aryl methyl sites for hydroxylation is 2. The van der Waals surface area contributed by atoms with Gasteiger partial charge >= 0.3 is 0 Å². The zero-order valence-electron chi connectivity index (χ0n) is 19.0. The molecule has 0 spiro atoms. The van der Waals surface area contributed by atoms with Crippen molar-refractivity contribution in [2.75, 3.05) is 31.6 Å². The van der Waals surface area contributed by atoms with E-state index in [-0.39, 0.29) is 11.8 Å². The van der Waals surface area contributed by atoms with Crippen molar-refractivity contribution in [2.24, 2.45) is 5.92 Å². The fourth-order valence-electron chi connectivity index (χ4n) is 4.50. The number of carbonyl (C=O) groups is 1. The van der Waals surface area contributed by atoms with Crippen molar-refractivity contribution in [2.45, 2.75) is 46.5 Å². The summed E-state index contributed by atoms with van der Waals surface area (Å²) in [6.45, 7) is 8.65. The standard InChI is InChI=1S/C24H32N6O/c1-5-6-14-28(4)24(31)19-12-15-29(16-13-19)23-22-21(17(2)25-26-23)18(3)30(27-22)20-10-8-7-9-11-20/h7-11,19H,5-6,12-16H2,1-4H3. The number of para-hydroxylation sites is 1. The molecule has 4 rings (SSSR count). The third-order valence-corrected chi connectivity index (χ3v) is 6.35. The number of rotatable bonds is 6. The van der Waals surface area contributed by atoms with Crippen molar-refractivity contribution >= 4 is 22.6 Å². The van der Waals surface area contributed by atoms with Gasteiger partial charge in [0.25, 0.3) is 0 Å². The maximum atomic E-state index is 12.8.